The van der Waals surface area contributed by atoms with E-state index in [0.29, 0.717) is 31.9 Å². The maximum atomic E-state index is 13.2. The second-order valence-corrected chi connectivity index (χ2v) is 11.1. The zero-order valence-corrected chi connectivity index (χ0v) is 20.2. The molecular weight excluding hydrogens is 442 g/mol. The molecule has 1 saturated heterocycles. The van der Waals surface area contributed by atoms with E-state index < -0.39 is 10.0 Å². The number of anilines is 1. The molecule has 1 saturated carbocycles. The van der Waals surface area contributed by atoms with Crippen LogP contribution in [0.25, 0.3) is 11.0 Å². The van der Waals surface area contributed by atoms with Crippen molar-refractivity contribution in [1.82, 2.24) is 14.3 Å². The standard InChI is InChI=1S/C23H33N5O4S/c1-27(22-18(13-24)14-26-23-21(22)7-8-25-23)19-6-5-17(12-19)16-33(29,30)28-9-3-4-20(15-28)32-11-10-31-2/h7-8,14,17,19-20H,3-6,9-12,15-16H2,1-2H3,(H,25,26)/t17-,19+,20?/m0/s1. The van der Waals surface area contributed by atoms with Crippen LogP contribution >= 0.6 is 0 Å². The monoisotopic (exact) mass is 475 g/mol. The number of nitrogens with one attached hydrogen (secondary N) is 1. The van der Waals surface area contributed by atoms with E-state index in [1.54, 1.807) is 17.6 Å². The topological polar surface area (TPSA) is 112 Å². The van der Waals surface area contributed by atoms with Crippen LogP contribution in [0.15, 0.2) is 18.5 Å². The predicted octanol–water partition coefficient (Wildman–Crippen LogP) is 2.50. The fraction of sp³-hybridized carbons (Fsp3) is 0.652. The van der Waals surface area contributed by atoms with E-state index in [0.717, 1.165) is 48.8 Å². The van der Waals surface area contributed by atoms with Crippen LogP contribution in [-0.4, -0.2) is 81.1 Å². The van der Waals surface area contributed by atoms with Crippen LogP contribution in [0, 0.1) is 17.2 Å². The number of H-pyrrole nitrogens is 1. The summed E-state index contributed by atoms with van der Waals surface area (Å²) in [5.74, 6) is 0.273. The first-order chi connectivity index (χ1) is 15.9. The Morgan fingerprint density at radius 2 is 2.18 bits per heavy atom. The smallest absolute Gasteiger partial charge is 0.214 e. The fourth-order valence-corrected chi connectivity index (χ4v) is 7.09. The van der Waals surface area contributed by atoms with Crippen LogP contribution in [0.1, 0.15) is 37.7 Å². The highest BCUT2D eigenvalue weighted by atomic mass is 32.2. The summed E-state index contributed by atoms with van der Waals surface area (Å²) in [6, 6.07) is 4.38. The molecule has 3 atom stereocenters. The third-order valence-electron chi connectivity index (χ3n) is 6.91. The number of sulfonamides is 1. The average molecular weight is 476 g/mol. The number of hydrogen-bond acceptors (Lipinski definition) is 7. The van der Waals surface area contributed by atoms with E-state index in [1.165, 1.54) is 0 Å². The van der Waals surface area contributed by atoms with Crippen molar-refractivity contribution >= 4 is 26.7 Å². The summed E-state index contributed by atoms with van der Waals surface area (Å²) in [6.45, 7) is 1.99. The molecule has 4 rings (SSSR count). The Balaban J connectivity index is 1.39. The molecule has 2 aromatic rings. The minimum Gasteiger partial charge on any atom is -0.382 e. The van der Waals surface area contributed by atoms with Crippen molar-refractivity contribution in [3.8, 4) is 6.07 Å². The van der Waals surface area contributed by atoms with Gasteiger partial charge in [-0.1, -0.05) is 0 Å². The summed E-state index contributed by atoms with van der Waals surface area (Å²) in [7, 11) is 0.279. The molecule has 1 N–H and O–H groups in total. The molecule has 0 amide bonds. The highest BCUT2D eigenvalue weighted by Crippen LogP contribution is 2.36. The van der Waals surface area contributed by atoms with Gasteiger partial charge in [-0.25, -0.2) is 13.4 Å². The molecule has 33 heavy (non-hydrogen) atoms. The minimum atomic E-state index is -3.35. The van der Waals surface area contributed by atoms with Crippen molar-refractivity contribution in [2.24, 2.45) is 5.92 Å². The molecule has 1 aliphatic carbocycles. The number of aromatic amines is 1. The summed E-state index contributed by atoms with van der Waals surface area (Å²) in [5, 5.41) is 10.5. The molecule has 0 bridgehead atoms. The van der Waals surface area contributed by atoms with Gasteiger partial charge >= 0.3 is 0 Å². The normalized spacial score (nSPS) is 24.2. The number of methoxy groups -OCH3 is 1. The van der Waals surface area contributed by atoms with Gasteiger partial charge in [-0.15, -0.1) is 0 Å². The number of nitriles is 1. The number of pyridine rings is 1. The lowest BCUT2D eigenvalue weighted by Gasteiger charge is -2.32. The third kappa shape index (κ3) is 5.32. The van der Waals surface area contributed by atoms with Crippen molar-refractivity contribution in [2.45, 2.75) is 44.2 Å². The summed E-state index contributed by atoms with van der Waals surface area (Å²) >= 11 is 0. The van der Waals surface area contributed by atoms with Crippen molar-refractivity contribution in [3.05, 3.63) is 24.0 Å². The predicted molar refractivity (Wildman–Crippen MR) is 127 cm³/mol. The molecule has 0 aromatic carbocycles. The number of nitrogens with zero attached hydrogens (tertiary/aromatic N) is 4. The van der Waals surface area contributed by atoms with Crippen LogP contribution in [0.2, 0.25) is 0 Å². The largest absolute Gasteiger partial charge is 0.382 e. The van der Waals surface area contributed by atoms with Gasteiger partial charge in [0.2, 0.25) is 10.0 Å². The summed E-state index contributed by atoms with van der Waals surface area (Å²) in [5.41, 5.74) is 2.15. The lowest BCUT2D eigenvalue weighted by molar-refractivity contribution is -0.00656. The SMILES string of the molecule is COCCOC1CCCN(S(=O)(=O)C[C@H]2CC[C@@H](N(C)c3c(C#N)cnc4[nH]ccc34)C2)C1. The fourth-order valence-electron chi connectivity index (χ4n) is 5.19. The molecule has 2 aliphatic rings. The van der Waals surface area contributed by atoms with Gasteiger partial charge in [0.15, 0.2) is 0 Å². The van der Waals surface area contributed by atoms with E-state index in [1.807, 2.05) is 19.3 Å². The highest BCUT2D eigenvalue weighted by molar-refractivity contribution is 7.89. The quantitative estimate of drug-likeness (QED) is 0.555. The third-order valence-corrected chi connectivity index (χ3v) is 8.93. The van der Waals surface area contributed by atoms with Gasteiger partial charge in [-0.3, -0.25) is 0 Å². The Morgan fingerprint density at radius 1 is 1.33 bits per heavy atom. The van der Waals surface area contributed by atoms with Gasteiger partial charge in [0, 0.05) is 51.1 Å². The second-order valence-electron chi connectivity index (χ2n) is 9.08. The van der Waals surface area contributed by atoms with Crippen LogP contribution < -0.4 is 4.90 Å². The summed E-state index contributed by atoms with van der Waals surface area (Å²) in [4.78, 5) is 9.57. The lowest BCUT2D eigenvalue weighted by atomic mass is 10.1. The van der Waals surface area contributed by atoms with Crippen molar-refractivity contribution in [1.29, 1.82) is 5.26 Å². The molecule has 0 radical (unpaired) electrons. The molecule has 3 heterocycles. The average Bonchev–Trinajstić information content (AvgIpc) is 3.47. The first-order valence-electron chi connectivity index (χ1n) is 11.6. The number of aromatic nitrogens is 2. The van der Waals surface area contributed by atoms with Crippen LogP contribution in [0.4, 0.5) is 5.69 Å². The number of piperidine rings is 1. The van der Waals surface area contributed by atoms with Crippen LogP contribution in [0.5, 0.6) is 0 Å². The number of fused-ring (bicyclic) bond motifs is 1. The Labute approximate surface area is 195 Å². The Kier molecular flexibility index (Phi) is 7.54. The molecule has 1 aliphatic heterocycles. The van der Waals surface area contributed by atoms with Crippen molar-refractivity contribution < 1.29 is 17.9 Å². The molecule has 2 aromatic heterocycles. The number of ether oxygens (including phenoxy) is 2. The van der Waals surface area contributed by atoms with Gasteiger partial charge in [-0.2, -0.15) is 9.57 Å². The van der Waals surface area contributed by atoms with Gasteiger partial charge in [0.05, 0.1) is 36.3 Å². The Bertz CT molecular complexity index is 1100. The van der Waals surface area contributed by atoms with Gasteiger partial charge in [0.1, 0.15) is 11.7 Å². The first kappa shape index (κ1) is 24.0. The molecule has 0 spiro atoms. The maximum absolute atomic E-state index is 13.2. The van der Waals surface area contributed by atoms with Crippen molar-refractivity contribution in [2.75, 3.05) is 51.1 Å². The minimum absolute atomic E-state index is 0.0639. The highest BCUT2D eigenvalue weighted by Gasteiger charge is 2.36. The zero-order valence-electron chi connectivity index (χ0n) is 19.4. The summed E-state index contributed by atoms with van der Waals surface area (Å²) < 4.78 is 38.8. The van der Waals surface area contributed by atoms with E-state index in [4.69, 9.17) is 9.47 Å². The van der Waals surface area contributed by atoms with Gasteiger partial charge in [0.25, 0.3) is 0 Å². The molecule has 1 unspecified atom stereocenters. The van der Waals surface area contributed by atoms with Gasteiger partial charge < -0.3 is 19.4 Å². The molecule has 180 valence electrons. The number of hydrogen-bond donors (Lipinski definition) is 1. The lowest BCUT2D eigenvalue weighted by Crippen LogP contribution is -2.45. The zero-order chi connectivity index (χ0) is 23.4. The van der Waals surface area contributed by atoms with Crippen molar-refractivity contribution in [3.63, 3.8) is 0 Å². The second kappa shape index (κ2) is 10.4. The Hall–Kier alpha value is -2.19. The first-order valence-corrected chi connectivity index (χ1v) is 13.2. The molecule has 10 heteroatoms. The van der Waals surface area contributed by atoms with E-state index >= 15 is 0 Å². The van der Waals surface area contributed by atoms with Crippen LogP contribution in [0.3, 0.4) is 0 Å². The van der Waals surface area contributed by atoms with E-state index in [9.17, 15) is 13.7 Å². The molecular formula is C23H33N5O4S. The Morgan fingerprint density at radius 3 is 2.97 bits per heavy atom. The van der Waals surface area contributed by atoms with E-state index in [-0.39, 0.29) is 23.8 Å². The maximum Gasteiger partial charge on any atom is 0.214 e. The van der Waals surface area contributed by atoms with Crippen LogP contribution in [-0.2, 0) is 19.5 Å². The summed E-state index contributed by atoms with van der Waals surface area (Å²) in [6.07, 6.45) is 7.61. The number of rotatable bonds is 9. The van der Waals surface area contributed by atoms with Gasteiger partial charge in [-0.05, 0) is 44.1 Å². The molecule has 2 fully saturated rings. The van der Waals surface area contributed by atoms with E-state index in [2.05, 4.69) is 20.9 Å². The molecule has 9 nitrogen and oxygen atoms in total.